The summed E-state index contributed by atoms with van der Waals surface area (Å²) in [6.45, 7) is 7.57. The Morgan fingerprint density at radius 3 is 2.50 bits per heavy atom. The second-order valence-electron chi connectivity index (χ2n) is 7.49. The molecule has 7 nitrogen and oxygen atoms in total. The number of aryl methyl sites for hydroxylation is 3. The van der Waals surface area contributed by atoms with Crippen LogP contribution in [-0.4, -0.2) is 25.2 Å². The molecule has 152 valence electrons. The van der Waals surface area contributed by atoms with E-state index in [1.54, 1.807) is 10.7 Å². The van der Waals surface area contributed by atoms with Gasteiger partial charge in [-0.15, -0.1) is 0 Å². The molecule has 0 radical (unpaired) electrons. The number of hydrogen-bond donors (Lipinski definition) is 1. The molecule has 4 aromatic rings. The molecule has 0 unspecified atom stereocenters. The van der Waals surface area contributed by atoms with Crippen LogP contribution in [0.2, 0.25) is 0 Å². The average molecular weight is 401 g/mol. The van der Waals surface area contributed by atoms with Gasteiger partial charge in [0.05, 0.1) is 40.0 Å². The second-order valence-corrected chi connectivity index (χ2v) is 7.49. The summed E-state index contributed by atoms with van der Waals surface area (Å²) < 4.78 is 3.13. The highest BCUT2D eigenvalue weighted by Crippen LogP contribution is 2.23. The molecule has 0 aliphatic carbocycles. The summed E-state index contributed by atoms with van der Waals surface area (Å²) in [5, 5.41) is 7.97. The lowest BCUT2D eigenvalue weighted by molar-refractivity contribution is -0.116. The van der Waals surface area contributed by atoms with Crippen molar-refractivity contribution in [2.24, 2.45) is 0 Å². The standard InChI is InChI=1S/C23H23N5O2/c1-14-8-10-18(11-9-14)28-17(4)22(16(3)26-28)25-20(29)12-27-13-24-21-15(2)6-5-7-19(21)23(27)30/h5-11,13H,12H2,1-4H3,(H,25,29). The molecule has 30 heavy (non-hydrogen) atoms. The molecular formula is C23H23N5O2. The van der Waals surface area contributed by atoms with Crippen molar-refractivity contribution in [3.8, 4) is 5.69 Å². The SMILES string of the molecule is Cc1ccc(-n2nc(C)c(NC(=O)Cn3cnc4c(C)cccc4c3=O)c2C)cc1. The van der Waals surface area contributed by atoms with Crippen molar-refractivity contribution in [1.29, 1.82) is 0 Å². The van der Waals surface area contributed by atoms with Gasteiger partial charge in [-0.2, -0.15) is 5.10 Å². The van der Waals surface area contributed by atoms with E-state index in [-0.39, 0.29) is 18.0 Å². The quantitative estimate of drug-likeness (QED) is 0.568. The van der Waals surface area contributed by atoms with Crippen molar-refractivity contribution >= 4 is 22.5 Å². The number of nitrogens with one attached hydrogen (secondary N) is 1. The molecule has 2 aromatic heterocycles. The fourth-order valence-corrected chi connectivity index (χ4v) is 3.54. The molecule has 0 fully saturated rings. The number of amides is 1. The number of carbonyl (C=O) groups is 1. The molecule has 2 aromatic carbocycles. The van der Waals surface area contributed by atoms with Crippen LogP contribution >= 0.6 is 0 Å². The largest absolute Gasteiger partial charge is 0.321 e. The summed E-state index contributed by atoms with van der Waals surface area (Å²) >= 11 is 0. The molecule has 0 saturated heterocycles. The van der Waals surface area contributed by atoms with Crippen molar-refractivity contribution in [2.45, 2.75) is 34.2 Å². The summed E-state index contributed by atoms with van der Waals surface area (Å²) in [5.41, 5.74) is 5.62. The zero-order valence-electron chi connectivity index (χ0n) is 17.4. The first kappa shape index (κ1) is 19.6. The van der Waals surface area contributed by atoms with E-state index in [9.17, 15) is 9.59 Å². The maximum Gasteiger partial charge on any atom is 0.261 e. The van der Waals surface area contributed by atoms with Crippen molar-refractivity contribution in [1.82, 2.24) is 19.3 Å². The van der Waals surface area contributed by atoms with Crippen molar-refractivity contribution in [2.75, 3.05) is 5.32 Å². The van der Waals surface area contributed by atoms with Crippen LogP contribution in [0.15, 0.2) is 53.6 Å². The summed E-state index contributed by atoms with van der Waals surface area (Å²) in [4.78, 5) is 29.8. The minimum absolute atomic E-state index is 0.121. The van der Waals surface area contributed by atoms with Crippen molar-refractivity contribution < 1.29 is 4.79 Å². The molecule has 0 aliphatic heterocycles. The first-order valence-corrected chi connectivity index (χ1v) is 9.73. The molecule has 1 amide bonds. The lowest BCUT2D eigenvalue weighted by Gasteiger charge is -2.09. The Morgan fingerprint density at radius 2 is 1.77 bits per heavy atom. The minimum atomic E-state index is -0.305. The predicted molar refractivity (Wildman–Crippen MR) is 117 cm³/mol. The van der Waals surface area contributed by atoms with E-state index in [1.807, 2.05) is 64.1 Å². The second kappa shape index (κ2) is 7.59. The number of anilines is 1. The number of nitrogens with zero attached hydrogens (tertiary/aromatic N) is 4. The van der Waals surface area contributed by atoms with Gasteiger partial charge in [-0.3, -0.25) is 14.2 Å². The van der Waals surface area contributed by atoms with Crippen LogP contribution in [-0.2, 0) is 11.3 Å². The molecule has 4 rings (SSSR count). The topological polar surface area (TPSA) is 81.8 Å². The summed E-state index contributed by atoms with van der Waals surface area (Å²) in [6.07, 6.45) is 1.42. The zero-order chi connectivity index (χ0) is 21.4. The Kier molecular flexibility index (Phi) is 4.95. The first-order chi connectivity index (χ1) is 14.3. The van der Waals surface area contributed by atoms with Gasteiger partial charge in [0.25, 0.3) is 5.56 Å². The molecule has 2 heterocycles. The third-order valence-corrected chi connectivity index (χ3v) is 5.20. The number of rotatable bonds is 4. The van der Waals surface area contributed by atoms with E-state index in [2.05, 4.69) is 15.4 Å². The lowest BCUT2D eigenvalue weighted by Crippen LogP contribution is -2.28. The number of carbonyl (C=O) groups excluding carboxylic acids is 1. The zero-order valence-corrected chi connectivity index (χ0v) is 17.4. The monoisotopic (exact) mass is 401 g/mol. The van der Waals surface area contributed by atoms with Gasteiger partial charge in [0.2, 0.25) is 5.91 Å². The van der Waals surface area contributed by atoms with Crippen molar-refractivity contribution in [3.05, 3.63) is 81.7 Å². The molecular weight excluding hydrogens is 378 g/mol. The number of aromatic nitrogens is 4. The molecule has 0 aliphatic rings. The van der Waals surface area contributed by atoms with Crippen LogP contribution in [0.4, 0.5) is 5.69 Å². The van der Waals surface area contributed by atoms with Crippen LogP contribution in [0, 0.1) is 27.7 Å². The van der Waals surface area contributed by atoms with Crippen molar-refractivity contribution in [3.63, 3.8) is 0 Å². The van der Waals surface area contributed by atoms with E-state index in [1.165, 1.54) is 16.5 Å². The Hall–Kier alpha value is -3.74. The van der Waals surface area contributed by atoms with E-state index >= 15 is 0 Å². The molecule has 0 bridgehead atoms. The lowest BCUT2D eigenvalue weighted by atomic mass is 10.1. The highest BCUT2D eigenvalue weighted by molar-refractivity contribution is 5.92. The molecule has 1 N–H and O–H groups in total. The van der Waals surface area contributed by atoms with Crippen LogP contribution in [0.1, 0.15) is 22.5 Å². The van der Waals surface area contributed by atoms with E-state index in [0.717, 1.165) is 16.9 Å². The summed E-state index contributed by atoms with van der Waals surface area (Å²) in [6, 6.07) is 13.5. The minimum Gasteiger partial charge on any atom is -0.321 e. The highest BCUT2D eigenvalue weighted by Gasteiger charge is 2.16. The maximum absolute atomic E-state index is 12.7. The third-order valence-electron chi connectivity index (χ3n) is 5.20. The Labute approximate surface area is 174 Å². The maximum atomic E-state index is 12.7. The fraction of sp³-hybridized carbons (Fsp3) is 0.217. The Bertz CT molecular complexity index is 1320. The number of benzene rings is 2. The van der Waals surface area contributed by atoms with Crippen LogP contribution in [0.25, 0.3) is 16.6 Å². The van der Waals surface area contributed by atoms with Gasteiger partial charge < -0.3 is 5.32 Å². The number of fused-ring (bicyclic) bond motifs is 1. The highest BCUT2D eigenvalue weighted by atomic mass is 16.2. The van der Waals surface area contributed by atoms with Gasteiger partial charge in [0, 0.05) is 0 Å². The van der Waals surface area contributed by atoms with Gasteiger partial charge in [-0.1, -0.05) is 29.8 Å². The normalized spacial score (nSPS) is 11.1. The van der Waals surface area contributed by atoms with Gasteiger partial charge in [0.15, 0.2) is 0 Å². The van der Waals surface area contributed by atoms with E-state index in [0.29, 0.717) is 22.3 Å². The van der Waals surface area contributed by atoms with Crippen LogP contribution < -0.4 is 10.9 Å². The van der Waals surface area contributed by atoms with Gasteiger partial charge in [0.1, 0.15) is 6.54 Å². The van der Waals surface area contributed by atoms with Crippen LogP contribution in [0.5, 0.6) is 0 Å². The molecule has 0 saturated carbocycles. The van der Waals surface area contributed by atoms with Gasteiger partial charge >= 0.3 is 0 Å². The van der Waals surface area contributed by atoms with E-state index < -0.39 is 0 Å². The number of para-hydroxylation sites is 1. The first-order valence-electron chi connectivity index (χ1n) is 9.73. The van der Waals surface area contributed by atoms with Crippen LogP contribution in [0.3, 0.4) is 0 Å². The van der Waals surface area contributed by atoms with Gasteiger partial charge in [-0.25, -0.2) is 9.67 Å². The third kappa shape index (κ3) is 3.50. The Morgan fingerprint density at radius 1 is 1.03 bits per heavy atom. The predicted octanol–water partition coefficient (Wildman–Crippen LogP) is 3.45. The Balaban J connectivity index is 1.59. The summed E-state index contributed by atoms with van der Waals surface area (Å²) in [5.74, 6) is -0.305. The summed E-state index contributed by atoms with van der Waals surface area (Å²) in [7, 11) is 0. The molecule has 0 atom stereocenters. The molecule has 0 spiro atoms. The molecule has 7 heteroatoms. The number of hydrogen-bond acceptors (Lipinski definition) is 4. The van der Waals surface area contributed by atoms with E-state index in [4.69, 9.17) is 0 Å². The fourth-order valence-electron chi connectivity index (χ4n) is 3.54. The smallest absolute Gasteiger partial charge is 0.261 e. The van der Waals surface area contributed by atoms with Gasteiger partial charge in [-0.05, 0) is 51.5 Å². The average Bonchev–Trinajstić information content (AvgIpc) is 2.99.